The lowest BCUT2D eigenvalue weighted by Crippen LogP contribution is -2.53. The summed E-state index contributed by atoms with van der Waals surface area (Å²) in [6.07, 6.45) is 0. The maximum atomic E-state index is 12.8. The molecule has 2 aromatic carbocycles. The predicted octanol–water partition coefficient (Wildman–Crippen LogP) is 2.59. The Bertz CT molecular complexity index is 992. The predicted molar refractivity (Wildman–Crippen MR) is 105 cm³/mol. The molecule has 0 saturated carbocycles. The minimum atomic E-state index is -1.44. The molecule has 152 valence electrons. The fraction of sp³-hybridized carbons (Fsp3) is 0.263. The normalized spacial score (nSPS) is 21.2. The number of rotatable bonds is 4. The van der Waals surface area contributed by atoms with E-state index in [0.29, 0.717) is 23.6 Å². The van der Waals surface area contributed by atoms with Crippen molar-refractivity contribution in [1.29, 1.82) is 0 Å². The van der Waals surface area contributed by atoms with Gasteiger partial charge in [-0.1, -0.05) is 29.3 Å². The van der Waals surface area contributed by atoms with E-state index in [1.165, 1.54) is 12.1 Å². The van der Waals surface area contributed by atoms with Gasteiger partial charge < -0.3 is 19.9 Å². The van der Waals surface area contributed by atoms with Crippen LogP contribution < -0.4 is 20.1 Å². The summed E-state index contributed by atoms with van der Waals surface area (Å²) in [5.74, 6) is 0.553. The highest BCUT2D eigenvalue weighted by molar-refractivity contribution is 6.37. The molecule has 0 aromatic heterocycles. The van der Waals surface area contributed by atoms with Crippen LogP contribution >= 0.6 is 23.2 Å². The number of imide groups is 1. The van der Waals surface area contributed by atoms with E-state index < -0.39 is 17.5 Å². The minimum absolute atomic E-state index is 0.0202. The van der Waals surface area contributed by atoms with Crippen molar-refractivity contribution in [3.8, 4) is 17.2 Å². The van der Waals surface area contributed by atoms with Gasteiger partial charge in [0.1, 0.15) is 18.2 Å². The van der Waals surface area contributed by atoms with E-state index in [1.54, 1.807) is 13.2 Å². The second-order valence-corrected chi connectivity index (χ2v) is 7.65. The lowest BCUT2D eigenvalue weighted by atomic mass is 9.89. The van der Waals surface area contributed by atoms with Crippen molar-refractivity contribution in [1.82, 2.24) is 15.5 Å². The van der Waals surface area contributed by atoms with Crippen LogP contribution in [0.25, 0.3) is 0 Å². The van der Waals surface area contributed by atoms with E-state index in [2.05, 4.69) is 10.6 Å². The highest BCUT2D eigenvalue weighted by Gasteiger charge is 2.49. The maximum absolute atomic E-state index is 12.8. The second-order valence-electron chi connectivity index (χ2n) is 6.84. The summed E-state index contributed by atoms with van der Waals surface area (Å²) in [6.45, 7) is 0.794. The first-order chi connectivity index (χ1) is 13.8. The fourth-order valence-corrected chi connectivity index (χ4v) is 4.01. The Kier molecular flexibility index (Phi) is 4.94. The zero-order valence-corrected chi connectivity index (χ0v) is 16.8. The average molecular weight is 438 g/mol. The largest absolute Gasteiger partial charge is 0.505 e. The standard InChI is InChI=1S/C19H17Cl2N3O5/c1-28-12-3-2-10-7-24(9-29-15(10)6-12)8-19(17(26)22-18(27)23-19)11-4-13(20)16(25)14(21)5-11/h2-6,25H,7-9H2,1H3,(H2,22,23,26,27)/t19-/m0/s1. The molecular weight excluding hydrogens is 421 g/mol. The number of ether oxygens (including phenoxy) is 2. The van der Waals surface area contributed by atoms with Crippen molar-refractivity contribution < 1.29 is 24.2 Å². The van der Waals surface area contributed by atoms with Crippen molar-refractivity contribution in [2.45, 2.75) is 12.1 Å². The van der Waals surface area contributed by atoms with Gasteiger partial charge in [-0.15, -0.1) is 0 Å². The second kappa shape index (κ2) is 7.29. The van der Waals surface area contributed by atoms with Gasteiger partial charge >= 0.3 is 6.03 Å². The van der Waals surface area contributed by atoms with Gasteiger partial charge in [0.25, 0.3) is 5.91 Å². The zero-order valence-electron chi connectivity index (χ0n) is 15.3. The Hall–Kier alpha value is -2.68. The van der Waals surface area contributed by atoms with Gasteiger partial charge in [-0.3, -0.25) is 15.0 Å². The van der Waals surface area contributed by atoms with Crippen molar-refractivity contribution >= 4 is 35.1 Å². The molecule has 8 nitrogen and oxygen atoms in total. The average Bonchev–Trinajstić information content (AvgIpc) is 2.99. The highest BCUT2D eigenvalue weighted by Crippen LogP contribution is 2.38. The van der Waals surface area contributed by atoms with Gasteiger partial charge in [-0.25, -0.2) is 4.79 Å². The minimum Gasteiger partial charge on any atom is -0.505 e. The van der Waals surface area contributed by atoms with Crippen LogP contribution in [-0.4, -0.2) is 42.3 Å². The number of phenols is 1. The summed E-state index contributed by atoms with van der Waals surface area (Å²) in [6, 6.07) is 7.71. The molecule has 0 radical (unpaired) electrons. The van der Waals surface area contributed by atoms with Gasteiger partial charge in [0.15, 0.2) is 11.3 Å². The Morgan fingerprint density at radius 3 is 2.59 bits per heavy atom. The van der Waals surface area contributed by atoms with Crippen molar-refractivity contribution in [2.24, 2.45) is 0 Å². The first-order valence-corrected chi connectivity index (χ1v) is 9.42. The van der Waals surface area contributed by atoms with Crippen LogP contribution in [0.5, 0.6) is 17.2 Å². The molecule has 0 unspecified atom stereocenters. The zero-order chi connectivity index (χ0) is 20.8. The number of halogens is 2. The van der Waals surface area contributed by atoms with Crippen molar-refractivity contribution in [3.63, 3.8) is 0 Å². The molecule has 3 N–H and O–H groups in total. The van der Waals surface area contributed by atoms with Gasteiger partial charge in [0.05, 0.1) is 17.2 Å². The molecule has 2 aliphatic heterocycles. The first-order valence-electron chi connectivity index (χ1n) is 8.66. The third kappa shape index (κ3) is 3.43. The summed E-state index contributed by atoms with van der Waals surface area (Å²) in [7, 11) is 1.58. The Morgan fingerprint density at radius 2 is 1.97 bits per heavy atom. The lowest BCUT2D eigenvalue weighted by molar-refractivity contribution is -0.125. The molecule has 1 fully saturated rings. The van der Waals surface area contributed by atoms with E-state index in [-0.39, 0.29) is 29.1 Å². The van der Waals surface area contributed by atoms with E-state index in [4.69, 9.17) is 32.7 Å². The molecule has 29 heavy (non-hydrogen) atoms. The number of phenolic OH excluding ortho intramolecular Hbond substituents is 1. The fourth-order valence-electron chi connectivity index (χ4n) is 3.52. The van der Waals surface area contributed by atoms with Crippen LogP contribution in [0.1, 0.15) is 11.1 Å². The van der Waals surface area contributed by atoms with E-state index >= 15 is 0 Å². The number of benzene rings is 2. The molecule has 10 heteroatoms. The number of aromatic hydroxyl groups is 1. The Labute approximate surface area is 176 Å². The summed E-state index contributed by atoms with van der Waals surface area (Å²) in [4.78, 5) is 26.6. The van der Waals surface area contributed by atoms with Crippen LogP contribution in [0.4, 0.5) is 4.79 Å². The number of carbonyl (C=O) groups is 2. The van der Waals surface area contributed by atoms with Crippen LogP contribution in [0.3, 0.4) is 0 Å². The number of carbonyl (C=O) groups excluding carboxylic acids is 2. The van der Waals surface area contributed by atoms with E-state index in [0.717, 1.165) is 5.56 Å². The molecule has 2 heterocycles. The molecule has 3 amide bonds. The number of methoxy groups -OCH3 is 1. The van der Waals surface area contributed by atoms with Crippen molar-refractivity contribution in [3.05, 3.63) is 51.5 Å². The van der Waals surface area contributed by atoms with Gasteiger partial charge in [0, 0.05) is 24.7 Å². The summed E-state index contributed by atoms with van der Waals surface area (Å²) < 4.78 is 11.0. The molecule has 0 bridgehead atoms. The third-order valence-electron chi connectivity index (χ3n) is 4.98. The topological polar surface area (TPSA) is 100 Å². The smallest absolute Gasteiger partial charge is 0.322 e. The summed E-state index contributed by atoms with van der Waals surface area (Å²) in [5.41, 5.74) is -0.168. The van der Waals surface area contributed by atoms with Crippen molar-refractivity contribution in [2.75, 3.05) is 20.4 Å². The number of fused-ring (bicyclic) bond motifs is 1. The summed E-state index contributed by atoms with van der Waals surface area (Å²) in [5, 5.41) is 14.8. The van der Waals surface area contributed by atoms with Gasteiger partial charge in [-0.2, -0.15) is 0 Å². The number of nitrogens with zero attached hydrogens (tertiary/aromatic N) is 1. The van der Waals surface area contributed by atoms with Crippen LogP contribution in [0.2, 0.25) is 10.0 Å². The molecule has 4 rings (SSSR count). The van der Waals surface area contributed by atoms with Crippen LogP contribution in [0, 0.1) is 0 Å². The number of hydrogen-bond donors (Lipinski definition) is 3. The quantitative estimate of drug-likeness (QED) is 0.635. The molecular formula is C19H17Cl2N3O5. The number of amides is 3. The SMILES string of the molecule is COc1ccc2c(c1)OCN(C[C@@]1(c3cc(Cl)c(O)c(Cl)c3)NC(=O)NC1=O)C2. The maximum Gasteiger partial charge on any atom is 0.322 e. The van der Waals surface area contributed by atoms with Crippen LogP contribution in [0.15, 0.2) is 30.3 Å². The number of nitrogens with one attached hydrogen (secondary N) is 2. The van der Waals surface area contributed by atoms with E-state index in [1.807, 2.05) is 17.0 Å². The monoisotopic (exact) mass is 437 g/mol. The van der Waals surface area contributed by atoms with Gasteiger partial charge in [0.2, 0.25) is 0 Å². The molecule has 2 aromatic rings. The highest BCUT2D eigenvalue weighted by atomic mass is 35.5. The third-order valence-corrected chi connectivity index (χ3v) is 5.56. The Balaban J connectivity index is 1.67. The molecule has 0 aliphatic carbocycles. The summed E-state index contributed by atoms with van der Waals surface area (Å²) >= 11 is 12.1. The first kappa shape index (κ1) is 19.6. The molecule has 2 aliphatic rings. The number of urea groups is 1. The van der Waals surface area contributed by atoms with E-state index in [9.17, 15) is 14.7 Å². The van der Waals surface area contributed by atoms with Gasteiger partial charge in [-0.05, 0) is 23.8 Å². The number of hydrogen-bond acceptors (Lipinski definition) is 6. The Morgan fingerprint density at radius 1 is 1.24 bits per heavy atom. The molecule has 0 spiro atoms. The molecule has 1 saturated heterocycles. The molecule has 1 atom stereocenters. The lowest BCUT2D eigenvalue weighted by Gasteiger charge is -2.36. The van der Waals surface area contributed by atoms with Crippen LogP contribution in [-0.2, 0) is 16.9 Å².